The molecule has 0 unspecified atom stereocenters. The van der Waals surface area contributed by atoms with E-state index in [9.17, 15) is 0 Å². The van der Waals surface area contributed by atoms with Gasteiger partial charge in [-0.05, 0) is 44.0 Å². The van der Waals surface area contributed by atoms with Crippen LogP contribution in [0.3, 0.4) is 0 Å². The second-order valence-corrected chi connectivity index (χ2v) is 4.18. The number of rotatable bonds is 0. The molecule has 17 heavy (non-hydrogen) atoms. The standard InChI is InChI=1S/C17H14/c1-3-15-8-10-17(11-9-15)13-12-16-6-4-14(2)5-7-16/h1,4,6,8-11H,5,7H2,2H3. The van der Waals surface area contributed by atoms with Crippen molar-refractivity contribution in [3.05, 3.63) is 58.7 Å². The largest absolute Gasteiger partial charge is 0.115 e. The summed E-state index contributed by atoms with van der Waals surface area (Å²) in [6, 6.07) is 7.77. The predicted molar refractivity (Wildman–Crippen MR) is 72.3 cm³/mol. The Labute approximate surface area is 103 Å². The van der Waals surface area contributed by atoms with Gasteiger partial charge in [0.25, 0.3) is 0 Å². The Morgan fingerprint density at radius 3 is 2.24 bits per heavy atom. The molecule has 1 aromatic carbocycles. The first kappa shape index (κ1) is 11.3. The van der Waals surface area contributed by atoms with E-state index in [4.69, 9.17) is 6.42 Å². The maximum Gasteiger partial charge on any atom is 0.0249 e. The van der Waals surface area contributed by atoms with Crippen LogP contribution in [-0.4, -0.2) is 0 Å². The Balaban J connectivity index is 2.14. The quantitative estimate of drug-likeness (QED) is 0.583. The number of hydrogen-bond acceptors (Lipinski definition) is 0. The van der Waals surface area contributed by atoms with Crippen LogP contribution in [-0.2, 0) is 0 Å². The first-order chi connectivity index (χ1) is 8.28. The molecule has 0 fully saturated rings. The fourth-order valence-corrected chi connectivity index (χ4v) is 1.65. The Kier molecular flexibility index (Phi) is 3.49. The Morgan fingerprint density at radius 2 is 1.65 bits per heavy atom. The monoisotopic (exact) mass is 218 g/mol. The molecule has 0 N–H and O–H groups in total. The molecule has 0 heteroatoms. The van der Waals surface area contributed by atoms with Crippen LogP contribution in [0.5, 0.6) is 0 Å². The van der Waals surface area contributed by atoms with Gasteiger partial charge in [-0.1, -0.05) is 35.5 Å². The van der Waals surface area contributed by atoms with Crippen molar-refractivity contribution >= 4 is 0 Å². The van der Waals surface area contributed by atoms with E-state index in [-0.39, 0.29) is 0 Å². The van der Waals surface area contributed by atoms with Gasteiger partial charge in [0, 0.05) is 16.7 Å². The molecule has 0 nitrogen and oxygen atoms in total. The fraction of sp³-hybridized carbons (Fsp3) is 0.176. The molecule has 0 aliphatic heterocycles. The van der Waals surface area contributed by atoms with Crippen LogP contribution in [0.15, 0.2) is 47.6 Å². The SMILES string of the molecule is C#Cc1ccc(C#CC2=CC=C(C)CC2)cc1. The minimum absolute atomic E-state index is 0.894. The van der Waals surface area contributed by atoms with E-state index in [1.54, 1.807) is 0 Å². The second kappa shape index (κ2) is 5.24. The fourth-order valence-electron chi connectivity index (χ4n) is 1.65. The highest BCUT2D eigenvalue weighted by Crippen LogP contribution is 2.16. The highest BCUT2D eigenvalue weighted by Gasteiger charge is 1.99. The molecule has 0 saturated heterocycles. The first-order valence-electron chi connectivity index (χ1n) is 5.73. The van der Waals surface area contributed by atoms with Crippen LogP contribution in [0.25, 0.3) is 0 Å². The van der Waals surface area contributed by atoms with E-state index < -0.39 is 0 Å². The summed E-state index contributed by atoms with van der Waals surface area (Å²) in [4.78, 5) is 0. The van der Waals surface area contributed by atoms with Gasteiger partial charge in [-0.2, -0.15) is 0 Å². The molecular formula is C17H14. The summed E-state index contributed by atoms with van der Waals surface area (Å²) < 4.78 is 0. The normalized spacial score (nSPS) is 13.9. The molecule has 2 rings (SSSR count). The molecule has 0 aromatic heterocycles. The Hall–Kier alpha value is -2.18. The number of hydrogen-bond donors (Lipinski definition) is 0. The molecule has 1 aliphatic rings. The zero-order chi connectivity index (χ0) is 12.1. The van der Waals surface area contributed by atoms with E-state index in [1.807, 2.05) is 24.3 Å². The topological polar surface area (TPSA) is 0 Å². The summed E-state index contributed by atoms with van der Waals surface area (Å²) in [5.74, 6) is 8.97. The maximum absolute atomic E-state index is 5.30. The lowest BCUT2D eigenvalue weighted by molar-refractivity contribution is 0.934. The summed E-state index contributed by atoms with van der Waals surface area (Å²) in [7, 11) is 0. The van der Waals surface area contributed by atoms with E-state index in [1.165, 1.54) is 11.1 Å². The zero-order valence-corrected chi connectivity index (χ0v) is 9.96. The van der Waals surface area contributed by atoms with E-state index >= 15 is 0 Å². The first-order valence-corrected chi connectivity index (χ1v) is 5.73. The summed E-state index contributed by atoms with van der Waals surface area (Å²) >= 11 is 0. The predicted octanol–water partition coefficient (Wildman–Crippen LogP) is 3.69. The lowest BCUT2D eigenvalue weighted by Crippen LogP contribution is -1.88. The summed E-state index contributed by atoms with van der Waals surface area (Å²) in [6.07, 6.45) is 11.7. The molecule has 0 bridgehead atoms. The third-order valence-electron chi connectivity index (χ3n) is 2.78. The molecule has 82 valence electrons. The van der Waals surface area contributed by atoms with Crippen molar-refractivity contribution in [2.75, 3.05) is 0 Å². The third-order valence-corrected chi connectivity index (χ3v) is 2.78. The van der Waals surface area contributed by atoms with Crippen LogP contribution in [0.1, 0.15) is 30.9 Å². The van der Waals surface area contributed by atoms with Gasteiger partial charge in [-0.3, -0.25) is 0 Å². The molecule has 0 amide bonds. The minimum Gasteiger partial charge on any atom is -0.115 e. The van der Waals surface area contributed by atoms with Gasteiger partial charge in [0.1, 0.15) is 0 Å². The van der Waals surface area contributed by atoms with Gasteiger partial charge in [-0.15, -0.1) is 6.42 Å². The van der Waals surface area contributed by atoms with Crippen molar-refractivity contribution in [2.45, 2.75) is 19.8 Å². The van der Waals surface area contributed by atoms with Crippen LogP contribution in [0.2, 0.25) is 0 Å². The number of allylic oxidation sites excluding steroid dienone is 4. The van der Waals surface area contributed by atoms with E-state index in [2.05, 4.69) is 36.8 Å². The molecule has 0 radical (unpaired) electrons. The Morgan fingerprint density at radius 1 is 0.941 bits per heavy atom. The third kappa shape index (κ3) is 3.13. The van der Waals surface area contributed by atoms with E-state index in [0.717, 1.165) is 24.0 Å². The van der Waals surface area contributed by atoms with Crippen molar-refractivity contribution in [1.82, 2.24) is 0 Å². The Bertz CT molecular complexity index is 563. The van der Waals surface area contributed by atoms with Gasteiger partial charge >= 0.3 is 0 Å². The summed E-state index contributed by atoms with van der Waals surface area (Å²) in [6.45, 7) is 2.15. The molecular weight excluding hydrogens is 204 g/mol. The van der Waals surface area contributed by atoms with E-state index in [0.29, 0.717) is 0 Å². The van der Waals surface area contributed by atoms with Crippen LogP contribution in [0, 0.1) is 24.2 Å². The van der Waals surface area contributed by atoms with Gasteiger partial charge < -0.3 is 0 Å². The highest BCUT2D eigenvalue weighted by molar-refractivity contribution is 5.45. The van der Waals surface area contributed by atoms with Crippen LogP contribution >= 0.6 is 0 Å². The average Bonchev–Trinajstić information content (AvgIpc) is 2.39. The lowest BCUT2D eigenvalue weighted by Gasteiger charge is -2.05. The molecule has 1 aromatic rings. The smallest absolute Gasteiger partial charge is 0.0249 e. The van der Waals surface area contributed by atoms with Gasteiger partial charge in [0.05, 0.1) is 0 Å². The second-order valence-electron chi connectivity index (χ2n) is 4.18. The van der Waals surface area contributed by atoms with Gasteiger partial charge in [0.15, 0.2) is 0 Å². The van der Waals surface area contributed by atoms with Crippen molar-refractivity contribution < 1.29 is 0 Å². The molecule has 0 spiro atoms. The maximum atomic E-state index is 5.30. The van der Waals surface area contributed by atoms with Crippen molar-refractivity contribution in [3.63, 3.8) is 0 Å². The minimum atomic E-state index is 0.894. The van der Waals surface area contributed by atoms with Gasteiger partial charge in [-0.25, -0.2) is 0 Å². The van der Waals surface area contributed by atoms with Crippen molar-refractivity contribution in [1.29, 1.82) is 0 Å². The molecule has 1 aliphatic carbocycles. The summed E-state index contributed by atoms with van der Waals surface area (Å²) in [5.41, 5.74) is 4.53. The molecule has 0 heterocycles. The average molecular weight is 218 g/mol. The highest BCUT2D eigenvalue weighted by atomic mass is 14.0. The molecule has 0 saturated carbocycles. The van der Waals surface area contributed by atoms with Crippen LogP contribution in [0.4, 0.5) is 0 Å². The number of terminal acetylenes is 1. The number of benzene rings is 1. The van der Waals surface area contributed by atoms with Gasteiger partial charge in [0.2, 0.25) is 0 Å². The summed E-state index contributed by atoms with van der Waals surface area (Å²) in [5, 5.41) is 0. The molecule has 0 atom stereocenters. The van der Waals surface area contributed by atoms with Crippen molar-refractivity contribution in [2.24, 2.45) is 0 Å². The van der Waals surface area contributed by atoms with Crippen LogP contribution < -0.4 is 0 Å². The zero-order valence-electron chi connectivity index (χ0n) is 9.96. The van der Waals surface area contributed by atoms with Crippen molar-refractivity contribution in [3.8, 4) is 24.2 Å². The lowest BCUT2D eigenvalue weighted by atomic mass is 10.00.